The number of likely N-dealkylation sites (N-methyl/N-ethyl adjacent to an activating group) is 1. The molecule has 1 aromatic heterocycles. The van der Waals surface area contributed by atoms with Crippen LogP contribution in [0.5, 0.6) is 5.75 Å². The van der Waals surface area contributed by atoms with Crippen molar-refractivity contribution in [1.82, 2.24) is 4.90 Å². The summed E-state index contributed by atoms with van der Waals surface area (Å²) in [5.74, 6) is -1.72. The minimum Gasteiger partial charge on any atom is -0.507 e. The third-order valence-corrected chi connectivity index (χ3v) is 3.65. The Hall–Kier alpha value is -2.34. The molecule has 2 N–H and O–H groups in total. The van der Waals surface area contributed by atoms with Gasteiger partial charge < -0.3 is 19.5 Å². The van der Waals surface area contributed by atoms with Crippen LogP contribution in [0.15, 0.2) is 21.3 Å². The van der Waals surface area contributed by atoms with Crippen LogP contribution in [0.4, 0.5) is 0 Å². The van der Waals surface area contributed by atoms with E-state index in [1.54, 1.807) is 6.07 Å². The molecular weight excluding hydrogens is 262 g/mol. The SMILES string of the molecule is CN1CCc2c(c(=O)oc3c(C(=O)O)c(O)ccc23)C1. The lowest BCUT2D eigenvalue weighted by Crippen LogP contribution is -2.31. The molecule has 104 valence electrons. The van der Waals surface area contributed by atoms with Gasteiger partial charge in [0.25, 0.3) is 0 Å². The number of carboxylic acid groups (broad SMARTS) is 1. The Morgan fingerprint density at radius 1 is 1.35 bits per heavy atom. The van der Waals surface area contributed by atoms with E-state index in [1.807, 2.05) is 11.9 Å². The van der Waals surface area contributed by atoms with Crippen molar-refractivity contribution in [3.05, 3.63) is 39.2 Å². The lowest BCUT2D eigenvalue weighted by atomic mass is 9.96. The summed E-state index contributed by atoms with van der Waals surface area (Å²) in [5, 5.41) is 19.4. The van der Waals surface area contributed by atoms with E-state index < -0.39 is 17.3 Å². The van der Waals surface area contributed by atoms with E-state index in [0.717, 1.165) is 12.1 Å². The minimum atomic E-state index is -1.32. The van der Waals surface area contributed by atoms with Crippen LogP contribution in [-0.2, 0) is 13.0 Å². The summed E-state index contributed by atoms with van der Waals surface area (Å²) in [4.78, 5) is 25.3. The molecule has 0 saturated carbocycles. The van der Waals surface area contributed by atoms with Crippen molar-refractivity contribution >= 4 is 16.9 Å². The van der Waals surface area contributed by atoms with Gasteiger partial charge in [-0.15, -0.1) is 0 Å². The third kappa shape index (κ3) is 1.77. The highest BCUT2D eigenvalue weighted by Crippen LogP contribution is 2.31. The molecule has 0 amide bonds. The Balaban J connectivity index is 2.41. The van der Waals surface area contributed by atoms with Crippen molar-refractivity contribution in [2.45, 2.75) is 13.0 Å². The first kappa shape index (κ1) is 12.7. The molecule has 0 fully saturated rings. The number of hydrogen-bond acceptors (Lipinski definition) is 5. The fraction of sp³-hybridized carbons (Fsp3) is 0.286. The summed E-state index contributed by atoms with van der Waals surface area (Å²) >= 11 is 0. The van der Waals surface area contributed by atoms with E-state index in [0.29, 0.717) is 23.9 Å². The van der Waals surface area contributed by atoms with Gasteiger partial charge in [-0.25, -0.2) is 9.59 Å². The first-order chi connectivity index (χ1) is 9.49. The number of rotatable bonds is 1. The van der Waals surface area contributed by atoms with Crippen LogP contribution in [-0.4, -0.2) is 34.7 Å². The van der Waals surface area contributed by atoms with E-state index in [9.17, 15) is 19.8 Å². The molecule has 6 heteroatoms. The zero-order chi connectivity index (χ0) is 14.4. The maximum Gasteiger partial charge on any atom is 0.343 e. The van der Waals surface area contributed by atoms with Crippen molar-refractivity contribution in [3.63, 3.8) is 0 Å². The Labute approximate surface area is 113 Å². The van der Waals surface area contributed by atoms with Crippen LogP contribution in [0.3, 0.4) is 0 Å². The van der Waals surface area contributed by atoms with Gasteiger partial charge in [-0.2, -0.15) is 0 Å². The zero-order valence-electron chi connectivity index (χ0n) is 10.8. The molecule has 6 nitrogen and oxygen atoms in total. The number of benzene rings is 1. The van der Waals surface area contributed by atoms with Gasteiger partial charge in [0.2, 0.25) is 0 Å². The number of hydrogen-bond donors (Lipinski definition) is 2. The first-order valence-corrected chi connectivity index (χ1v) is 6.21. The highest BCUT2D eigenvalue weighted by Gasteiger charge is 2.24. The zero-order valence-corrected chi connectivity index (χ0v) is 10.8. The maximum atomic E-state index is 12.0. The molecule has 2 heterocycles. The molecule has 1 aliphatic heterocycles. The fourth-order valence-corrected chi connectivity index (χ4v) is 2.66. The number of fused-ring (bicyclic) bond motifs is 3. The monoisotopic (exact) mass is 275 g/mol. The molecule has 0 aliphatic carbocycles. The van der Waals surface area contributed by atoms with Crippen LogP contribution >= 0.6 is 0 Å². The topological polar surface area (TPSA) is 91.0 Å². The molecule has 0 spiro atoms. The molecule has 2 aromatic rings. The normalized spacial score (nSPS) is 15.2. The second-order valence-electron chi connectivity index (χ2n) is 4.98. The van der Waals surface area contributed by atoms with Crippen LogP contribution in [0.1, 0.15) is 21.5 Å². The average molecular weight is 275 g/mol. The van der Waals surface area contributed by atoms with E-state index in [2.05, 4.69) is 0 Å². The van der Waals surface area contributed by atoms with Gasteiger partial charge in [-0.3, -0.25) is 0 Å². The van der Waals surface area contributed by atoms with E-state index in [4.69, 9.17) is 4.42 Å². The summed E-state index contributed by atoms with van der Waals surface area (Å²) in [6.07, 6.45) is 0.651. The van der Waals surface area contributed by atoms with Crippen LogP contribution in [0.2, 0.25) is 0 Å². The van der Waals surface area contributed by atoms with Gasteiger partial charge in [0.15, 0.2) is 5.58 Å². The smallest absolute Gasteiger partial charge is 0.343 e. The molecule has 1 aromatic carbocycles. The molecular formula is C14H13NO5. The third-order valence-electron chi connectivity index (χ3n) is 3.65. The predicted molar refractivity (Wildman–Crippen MR) is 71.1 cm³/mol. The predicted octanol–water partition coefficient (Wildman–Crippen LogP) is 1.18. The van der Waals surface area contributed by atoms with Crippen molar-refractivity contribution in [1.29, 1.82) is 0 Å². The Morgan fingerprint density at radius 3 is 2.80 bits per heavy atom. The van der Waals surface area contributed by atoms with Gasteiger partial charge in [-0.05, 0) is 31.2 Å². The summed E-state index contributed by atoms with van der Waals surface area (Å²) in [6, 6.07) is 2.93. The molecule has 0 radical (unpaired) electrons. The number of aromatic carboxylic acids is 1. The van der Waals surface area contributed by atoms with Crippen molar-refractivity contribution in [2.75, 3.05) is 13.6 Å². The number of nitrogens with zero attached hydrogens (tertiary/aromatic N) is 1. The van der Waals surface area contributed by atoms with Crippen molar-refractivity contribution < 1.29 is 19.4 Å². The summed E-state index contributed by atoms with van der Waals surface area (Å²) in [6.45, 7) is 1.27. The standard InChI is InChI=1S/C14H13NO5/c1-15-5-4-7-8-2-3-10(16)11(13(17)18)12(8)20-14(19)9(7)6-15/h2-3,16H,4-6H2,1H3,(H,17,18). The van der Waals surface area contributed by atoms with Gasteiger partial charge in [0.05, 0.1) is 5.56 Å². The minimum absolute atomic E-state index is 0.0502. The van der Waals surface area contributed by atoms with Crippen LogP contribution < -0.4 is 5.63 Å². The second-order valence-corrected chi connectivity index (χ2v) is 4.98. The highest BCUT2D eigenvalue weighted by molar-refractivity contribution is 6.04. The second kappa shape index (κ2) is 4.35. The van der Waals surface area contributed by atoms with E-state index in [-0.39, 0.29) is 11.1 Å². The Kier molecular flexibility index (Phi) is 2.76. The molecule has 0 saturated heterocycles. The lowest BCUT2D eigenvalue weighted by Gasteiger charge is -2.24. The van der Waals surface area contributed by atoms with E-state index >= 15 is 0 Å². The van der Waals surface area contributed by atoms with Crippen molar-refractivity contribution in [2.24, 2.45) is 0 Å². The van der Waals surface area contributed by atoms with Gasteiger partial charge in [-0.1, -0.05) is 0 Å². The number of carbonyl (C=O) groups is 1. The summed E-state index contributed by atoms with van der Waals surface area (Å²) in [5.41, 5.74) is 0.435. The quantitative estimate of drug-likeness (QED) is 0.759. The fourth-order valence-electron chi connectivity index (χ4n) is 2.66. The van der Waals surface area contributed by atoms with Crippen LogP contribution in [0.25, 0.3) is 11.0 Å². The molecule has 1 aliphatic rings. The first-order valence-electron chi connectivity index (χ1n) is 6.21. The maximum absolute atomic E-state index is 12.0. The molecule has 0 atom stereocenters. The van der Waals surface area contributed by atoms with E-state index in [1.165, 1.54) is 6.07 Å². The van der Waals surface area contributed by atoms with Gasteiger partial charge in [0, 0.05) is 18.5 Å². The largest absolute Gasteiger partial charge is 0.507 e. The lowest BCUT2D eigenvalue weighted by molar-refractivity contribution is 0.0694. The number of phenols is 1. The Bertz CT molecular complexity index is 777. The molecule has 3 rings (SSSR count). The highest BCUT2D eigenvalue weighted by atomic mass is 16.4. The molecule has 20 heavy (non-hydrogen) atoms. The summed E-state index contributed by atoms with van der Waals surface area (Å²) in [7, 11) is 1.91. The Morgan fingerprint density at radius 2 is 2.10 bits per heavy atom. The van der Waals surface area contributed by atoms with Gasteiger partial charge >= 0.3 is 11.6 Å². The summed E-state index contributed by atoms with van der Waals surface area (Å²) < 4.78 is 5.16. The van der Waals surface area contributed by atoms with Crippen LogP contribution in [0, 0.1) is 0 Å². The number of aromatic hydroxyl groups is 1. The van der Waals surface area contributed by atoms with Crippen molar-refractivity contribution in [3.8, 4) is 5.75 Å². The van der Waals surface area contributed by atoms with Gasteiger partial charge in [0.1, 0.15) is 11.3 Å². The number of carboxylic acids is 1. The molecule has 0 unspecified atom stereocenters. The molecule has 0 bridgehead atoms. The average Bonchev–Trinajstić information content (AvgIpc) is 2.38.